The lowest BCUT2D eigenvalue weighted by atomic mass is 9.86. The van der Waals surface area contributed by atoms with Crippen molar-refractivity contribution in [3.8, 4) is 0 Å². The van der Waals surface area contributed by atoms with E-state index in [0.717, 1.165) is 5.56 Å². The van der Waals surface area contributed by atoms with Gasteiger partial charge in [0, 0.05) is 6.04 Å². The van der Waals surface area contributed by atoms with Gasteiger partial charge >= 0.3 is 5.97 Å². The normalized spacial score (nSPS) is 13.4. The van der Waals surface area contributed by atoms with Gasteiger partial charge in [0.25, 0.3) is 0 Å². The third kappa shape index (κ3) is 4.35. The van der Waals surface area contributed by atoms with Crippen LogP contribution in [-0.2, 0) is 14.9 Å². The third-order valence-electron chi connectivity index (χ3n) is 3.05. The van der Waals surface area contributed by atoms with Crippen LogP contribution in [0.4, 0.5) is 0 Å². The van der Waals surface area contributed by atoms with Crippen molar-refractivity contribution >= 4 is 5.97 Å². The fraction of sp³-hybridized carbons (Fsp3) is 0.562. The molecule has 0 fully saturated rings. The van der Waals surface area contributed by atoms with E-state index in [9.17, 15) is 4.79 Å². The second-order valence-electron chi connectivity index (χ2n) is 6.15. The molecule has 106 valence electrons. The summed E-state index contributed by atoms with van der Waals surface area (Å²) in [4.78, 5) is 11.8. The molecule has 0 aromatic heterocycles. The minimum atomic E-state index is -0.404. The highest BCUT2D eigenvalue weighted by Gasteiger charge is 2.22. The zero-order chi connectivity index (χ0) is 14.6. The summed E-state index contributed by atoms with van der Waals surface area (Å²) in [6, 6.07) is 7.96. The van der Waals surface area contributed by atoms with E-state index in [1.54, 1.807) is 0 Å². The van der Waals surface area contributed by atoms with Gasteiger partial charge in [-0.25, -0.2) is 4.79 Å². The monoisotopic (exact) mass is 263 g/mol. The number of carbonyl (C=O) groups excluding carboxylic acids is 1. The van der Waals surface area contributed by atoms with E-state index in [2.05, 4.69) is 38.2 Å². The van der Waals surface area contributed by atoms with E-state index in [0.29, 0.717) is 0 Å². The molecule has 0 spiro atoms. The van der Waals surface area contributed by atoms with E-state index in [1.807, 2.05) is 26.0 Å². The maximum Gasteiger partial charge on any atom is 0.327 e. The molecule has 1 unspecified atom stereocenters. The van der Waals surface area contributed by atoms with Gasteiger partial charge in [0.05, 0.1) is 7.11 Å². The van der Waals surface area contributed by atoms with Crippen molar-refractivity contribution in [2.45, 2.75) is 52.1 Å². The molecule has 0 amide bonds. The Labute approximate surface area is 116 Å². The average Bonchev–Trinajstić information content (AvgIpc) is 2.34. The van der Waals surface area contributed by atoms with E-state index in [4.69, 9.17) is 4.74 Å². The van der Waals surface area contributed by atoms with Crippen LogP contribution in [0.2, 0.25) is 0 Å². The molecule has 1 aromatic rings. The highest BCUT2D eigenvalue weighted by Crippen LogP contribution is 2.24. The van der Waals surface area contributed by atoms with Crippen LogP contribution in [0.25, 0.3) is 0 Å². The van der Waals surface area contributed by atoms with Crippen LogP contribution in [-0.4, -0.2) is 19.1 Å². The van der Waals surface area contributed by atoms with Gasteiger partial charge in [0.1, 0.15) is 6.04 Å². The van der Waals surface area contributed by atoms with Crippen LogP contribution in [0.15, 0.2) is 24.3 Å². The molecule has 0 saturated heterocycles. The molecule has 1 N–H and O–H groups in total. The topological polar surface area (TPSA) is 38.3 Å². The molecule has 0 bridgehead atoms. The van der Waals surface area contributed by atoms with Crippen LogP contribution < -0.4 is 5.32 Å². The van der Waals surface area contributed by atoms with E-state index >= 15 is 0 Å². The van der Waals surface area contributed by atoms with E-state index in [1.165, 1.54) is 12.7 Å². The zero-order valence-corrected chi connectivity index (χ0v) is 12.8. The lowest BCUT2D eigenvalue weighted by Crippen LogP contribution is -2.34. The molecule has 19 heavy (non-hydrogen) atoms. The molecule has 0 aliphatic rings. The molecule has 0 saturated carbocycles. The molecule has 3 heteroatoms. The molecule has 1 rings (SSSR count). The van der Waals surface area contributed by atoms with Gasteiger partial charge in [-0.1, -0.05) is 45.0 Å². The van der Waals surface area contributed by atoms with Gasteiger partial charge < -0.3 is 4.74 Å². The van der Waals surface area contributed by atoms with Gasteiger partial charge in [-0.05, 0) is 30.4 Å². The first-order valence-corrected chi connectivity index (χ1v) is 6.70. The van der Waals surface area contributed by atoms with E-state index < -0.39 is 6.04 Å². The summed E-state index contributed by atoms with van der Waals surface area (Å²) in [5, 5.41) is 3.23. The molecule has 3 nitrogen and oxygen atoms in total. The van der Waals surface area contributed by atoms with Crippen molar-refractivity contribution in [1.82, 2.24) is 5.32 Å². The fourth-order valence-corrected chi connectivity index (χ4v) is 1.93. The van der Waals surface area contributed by atoms with Crippen LogP contribution in [0.3, 0.4) is 0 Å². The quantitative estimate of drug-likeness (QED) is 0.848. The number of esters is 1. The molecular weight excluding hydrogens is 238 g/mol. The highest BCUT2D eigenvalue weighted by molar-refractivity contribution is 5.77. The van der Waals surface area contributed by atoms with Gasteiger partial charge in [-0.3, -0.25) is 5.32 Å². The third-order valence-corrected chi connectivity index (χ3v) is 3.05. The molecular formula is C16H25NO2. The van der Waals surface area contributed by atoms with Gasteiger partial charge in [-0.2, -0.15) is 0 Å². The average molecular weight is 263 g/mol. The largest absolute Gasteiger partial charge is 0.468 e. The second kappa shape index (κ2) is 6.20. The summed E-state index contributed by atoms with van der Waals surface area (Å²) in [5.41, 5.74) is 2.31. The number of hydrogen-bond donors (Lipinski definition) is 1. The van der Waals surface area contributed by atoms with Crippen LogP contribution in [0, 0.1) is 0 Å². The first-order chi connectivity index (χ1) is 8.75. The summed E-state index contributed by atoms with van der Waals surface area (Å²) >= 11 is 0. The Morgan fingerprint density at radius 3 is 2.05 bits per heavy atom. The smallest absolute Gasteiger partial charge is 0.327 e. The van der Waals surface area contributed by atoms with Crippen molar-refractivity contribution in [2.75, 3.05) is 7.11 Å². The Balaban J connectivity index is 3.00. The zero-order valence-electron chi connectivity index (χ0n) is 12.8. The Morgan fingerprint density at radius 2 is 1.68 bits per heavy atom. The number of rotatable bonds is 4. The van der Waals surface area contributed by atoms with Gasteiger partial charge in [0.2, 0.25) is 0 Å². The lowest BCUT2D eigenvalue weighted by molar-refractivity contribution is -0.143. The Hall–Kier alpha value is -1.35. The summed E-state index contributed by atoms with van der Waals surface area (Å²) < 4.78 is 4.86. The molecule has 0 heterocycles. The Kier molecular flexibility index (Phi) is 5.12. The summed E-state index contributed by atoms with van der Waals surface area (Å²) in [7, 11) is 1.42. The first-order valence-electron chi connectivity index (χ1n) is 6.70. The van der Waals surface area contributed by atoms with Crippen molar-refractivity contribution in [3.63, 3.8) is 0 Å². The predicted molar refractivity (Wildman–Crippen MR) is 78.2 cm³/mol. The van der Waals surface area contributed by atoms with Crippen LogP contribution >= 0.6 is 0 Å². The molecule has 0 radical (unpaired) electrons. The minimum Gasteiger partial charge on any atom is -0.468 e. The second-order valence-corrected chi connectivity index (χ2v) is 6.15. The number of benzene rings is 1. The number of ether oxygens (including phenoxy) is 1. The molecule has 1 atom stereocenters. The van der Waals surface area contributed by atoms with E-state index in [-0.39, 0.29) is 17.4 Å². The fourth-order valence-electron chi connectivity index (χ4n) is 1.93. The summed E-state index contributed by atoms with van der Waals surface area (Å²) in [6.45, 7) is 10.5. The van der Waals surface area contributed by atoms with Crippen molar-refractivity contribution < 1.29 is 9.53 Å². The van der Waals surface area contributed by atoms with Gasteiger partial charge in [-0.15, -0.1) is 0 Å². The maximum atomic E-state index is 11.8. The standard InChI is InChI=1S/C16H25NO2/c1-11(2)17-14(15(18)19-6)12-7-9-13(10-8-12)16(3,4)5/h7-11,14,17H,1-6H3. The molecule has 1 aromatic carbocycles. The summed E-state index contributed by atoms with van der Waals surface area (Å²) in [5.74, 6) is -0.253. The lowest BCUT2D eigenvalue weighted by Gasteiger charge is -2.22. The molecule has 0 aliphatic carbocycles. The summed E-state index contributed by atoms with van der Waals surface area (Å²) in [6.07, 6.45) is 0. The number of nitrogens with one attached hydrogen (secondary N) is 1. The minimum absolute atomic E-state index is 0.116. The van der Waals surface area contributed by atoms with Crippen molar-refractivity contribution in [2.24, 2.45) is 0 Å². The first kappa shape index (κ1) is 15.7. The SMILES string of the molecule is COC(=O)C(NC(C)C)c1ccc(C(C)(C)C)cc1. The maximum absolute atomic E-state index is 11.8. The number of methoxy groups -OCH3 is 1. The predicted octanol–water partition coefficient (Wildman–Crippen LogP) is 3.20. The van der Waals surface area contributed by atoms with Crippen molar-refractivity contribution in [3.05, 3.63) is 35.4 Å². The van der Waals surface area contributed by atoms with Crippen LogP contribution in [0.5, 0.6) is 0 Å². The molecule has 0 aliphatic heterocycles. The van der Waals surface area contributed by atoms with Crippen molar-refractivity contribution in [1.29, 1.82) is 0 Å². The Bertz CT molecular complexity index is 415. The highest BCUT2D eigenvalue weighted by atomic mass is 16.5. The van der Waals surface area contributed by atoms with Crippen LogP contribution in [0.1, 0.15) is 51.8 Å². The number of carbonyl (C=O) groups is 1. The Morgan fingerprint density at radius 1 is 1.16 bits per heavy atom. The van der Waals surface area contributed by atoms with Gasteiger partial charge in [0.15, 0.2) is 0 Å². The number of hydrogen-bond acceptors (Lipinski definition) is 3.